The quantitative estimate of drug-likeness (QED) is 0.206. The molecular weight excluding hydrogens is 781 g/mol. The van der Waals surface area contributed by atoms with E-state index < -0.39 is 97.6 Å². The van der Waals surface area contributed by atoms with Crippen LogP contribution in [0.5, 0.6) is 0 Å². The molecule has 0 spiro atoms. The summed E-state index contributed by atoms with van der Waals surface area (Å²) < 4.78 is 22.3. The maximum absolute atomic E-state index is 12.5. The maximum Gasteiger partial charge on any atom is 0.416 e. The fraction of sp³-hybridized carbons (Fsp3) is 0.895. The summed E-state index contributed by atoms with van der Waals surface area (Å²) in [5.41, 5.74) is -2.19. The molecule has 4 heterocycles. The van der Waals surface area contributed by atoms with Gasteiger partial charge in [-0.3, -0.25) is 19.8 Å². The number of amides is 2. The topological polar surface area (TPSA) is 203 Å². The third-order valence-corrected chi connectivity index (χ3v) is 16.5. The molecule has 4 rings (SSSR count). The van der Waals surface area contributed by atoms with Crippen molar-refractivity contribution in [3.63, 3.8) is 0 Å². The lowest BCUT2D eigenvalue weighted by molar-refractivity contribution is -0.164. The van der Waals surface area contributed by atoms with E-state index in [9.17, 15) is 35.1 Å². The van der Waals surface area contributed by atoms with Crippen molar-refractivity contribution in [1.82, 2.24) is 9.80 Å². The molecule has 5 N–H and O–H groups in total. The van der Waals surface area contributed by atoms with E-state index in [-0.39, 0.29) is 0 Å². The molecule has 0 bridgehead atoms. The van der Waals surface area contributed by atoms with E-state index in [2.05, 4.69) is 50.4 Å². The molecule has 0 unspecified atom stereocenters. The first-order valence-corrected chi connectivity index (χ1v) is 25.0. The van der Waals surface area contributed by atoms with Crippen LogP contribution in [0.1, 0.15) is 102 Å². The number of ether oxygens (including phenoxy) is 4. The molecular formula is C38H72N4O11S2Si. The van der Waals surface area contributed by atoms with Crippen molar-refractivity contribution < 1.29 is 54.1 Å². The standard InChI is InChI=1S/C16H28N2O5S.C15H26N2O6S.C7H18Si/c1-6-8-18(15(21)23-16(3,4)5)14-17-10-12(20)11(19)9(7-2)22-13(10)24-14;1-5-6-17(14(21)23-15(2,3)4)13-16-9-11(20)10(19)8(7-18)22-12(9)24-13;1-7(2,3)8(4,5)6/h9-13,19-20H,6-8H2,1-5H3;8-12,18-20H,5-7H2,1-4H3;1-6H3/t9-,10-,11-,12-,13-;8-,9-,10-,11-,12-;/m11./s1. The van der Waals surface area contributed by atoms with E-state index in [1.165, 1.54) is 33.3 Å². The summed E-state index contributed by atoms with van der Waals surface area (Å²) in [6.45, 7) is 31.3. The Hall–Kier alpha value is -1.48. The van der Waals surface area contributed by atoms with Gasteiger partial charge in [0.2, 0.25) is 0 Å². The van der Waals surface area contributed by atoms with Gasteiger partial charge in [-0.05, 0) is 65.8 Å². The van der Waals surface area contributed by atoms with Crippen LogP contribution in [0.3, 0.4) is 0 Å². The maximum atomic E-state index is 12.5. The fourth-order valence-electron chi connectivity index (χ4n) is 5.19. The molecule has 0 saturated carbocycles. The van der Waals surface area contributed by atoms with Crippen LogP contribution in [0, 0.1) is 0 Å². The molecule has 0 radical (unpaired) electrons. The van der Waals surface area contributed by atoms with Crippen LogP contribution in [0.15, 0.2) is 9.98 Å². The van der Waals surface area contributed by atoms with E-state index >= 15 is 0 Å². The summed E-state index contributed by atoms with van der Waals surface area (Å²) in [5.74, 6) is 0. The predicted octanol–water partition coefficient (Wildman–Crippen LogP) is 5.63. The highest BCUT2D eigenvalue weighted by molar-refractivity contribution is 8.14. The Balaban J connectivity index is 0.000000325. The third kappa shape index (κ3) is 14.1. The summed E-state index contributed by atoms with van der Waals surface area (Å²) in [7, 11) is -0.859. The van der Waals surface area contributed by atoms with Gasteiger partial charge < -0.3 is 44.5 Å². The van der Waals surface area contributed by atoms with Crippen molar-refractivity contribution in [3.05, 3.63) is 0 Å². The van der Waals surface area contributed by atoms with Gasteiger partial charge in [0.15, 0.2) is 10.3 Å². The number of hydrogen-bond donors (Lipinski definition) is 5. The van der Waals surface area contributed by atoms with Gasteiger partial charge in [-0.1, -0.05) is 84.7 Å². The average Bonchev–Trinajstić information content (AvgIpc) is 3.68. The summed E-state index contributed by atoms with van der Waals surface area (Å²) in [6.07, 6.45) is -4.57. The number of rotatable bonds is 6. The van der Waals surface area contributed by atoms with Gasteiger partial charge in [-0.15, -0.1) is 0 Å². The normalized spacial score (nSPS) is 30.3. The highest BCUT2D eigenvalue weighted by Crippen LogP contribution is 2.40. The number of aliphatic hydroxyl groups excluding tert-OH is 5. The molecule has 10 atom stereocenters. The van der Waals surface area contributed by atoms with Crippen LogP contribution < -0.4 is 0 Å². The second-order valence-electron chi connectivity index (χ2n) is 18.4. The van der Waals surface area contributed by atoms with Crippen molar-refractivity contribution in [2.75, 3.05) is 19.7 Å². The monoisotopic (exact) mass is 852 g/mol. The molecule has 18 heteroatoms. The van der Waals surface area contributed by atoms with E-state index in [1.54, 1.807) is 20.8 Å². The number of nitrogens with zero attached hydrogens (tertiary/aromatic N) is 4. The zero-order chi connectivity index (χ0) is 43.1. The Bertz CT molecular complexity index is 1250. The molecule has 326 valence electrons. The SMILES string of the molecule is CC(C)(C)[Si](C)(C)C.CCCN(C(=O)OC(C)(C)C)C1=N[C@@H]2[C@@H](O)[C@H](O)[C@@H](CC)O[C@@H]2S1.CCCN(C(=O)OC(C)(C)C)C1=N[C@@H]2[C@@H](O)[C@H](O)[C@@H](CO)O[C@@H]2S1. The highest BCUT2D eigenvalue weighted by atomic mass is 32.2. The lowest BCUT2D eigenvalue weighted by atomic mass is 9.97. The number of carbonyl (C=O) groups is 2. The predicted molar refractivity (Wildman–Crippen MR) is 226 cm³/mol. The van der Waals surface area contributed by atoms with Gasteiger partial charge in [-0.25, -0.2) is 9.59 Å². The van der Waals surface area contributed by atoms with Gasteiger partial charge in [0.25, 0.3) is 0 Å². The number of hydrogen-bond acceptors (Lipinski definition) is 15. The Morgan fingerprint density at radius 3 is 1.30 bits per heavy atom. The van der Waals surface area contributed by atoms with Crippen molar-refractivity contribution in [2.24, 2.45) is 9.98 Å². The van der Waals surface area contributed by atoms with Crippen LogP contribution in [0.4, 0.5) is 9.59 Å². The number of aliphatic imine (C=N–C) groups is 2. The summed E-state index contributed by atoms with van der Waals surface area (Å²) in [5, 5.41) is 51.3. The van der Waals surface area contributed by atoms with E-state index in [1.807, 2.05) is 41.5 Å². The first kappa shape index (κ1) is 50.7. The second kappa shape index (κ2) is 20.7. The highest BCUT2D eigenvalue weighted by Gasteiger charge is 2.50. The van der Waals surface area contributed by atoms with E-state index in [0.717, 1.165) is 6.42 Å². The van der Waals surface area contributed by atoms with Crippen LogP contribution in [-0.2, 0) is 18.9 Å². The van der Waals surface area contributed by atoms with Gasteiger partial charge in [0.1, 0.15) is 64.7 Å². The molecule has 0 aromatic rings. The van der Waals surface area contributed by atoms with Gasteiger partial charge in [0, 0.05) is 21.2 Å². The molecule has 0 aromatic heterocycles. The molecule has 4 aliphatic rings. The molecule has 2 saturated heterocycles. The Labute approximate surface area is 344 Å². The number of aliphatic hydroxyl groups is 5. The fourth-order valence-corrected chi connectivity index (χ4v) is 7.68. The number of amidine groups is 2. The van der Waals surface area contributed by atoms with Crippen molar-refractivity contribution in [3.8, 4) is 0 Å². The first-order chi connectivity index (χ1) is 25.6. The smallest absolute Gasteiger partial charge is 0.416 e. The first-order valence-electron chi connectivity index (χ1n) is 19.7. The Morgan fingerprint density at radius 1 is 0.679 bits per heavy atom. The Kier molecular flexibility index (Phi) is 18.7. The lowest BCUT2D eigenvalue weighted by Gasteiger charge is -2.37. The van der Waals surface area contributed by atoms with Crippen molar-refractivity contribution in [1.29, 1.82) is 0 Å². The van der Waals surface area contributed by atoms with Crippen molar-refractivity contribution >= 4 is 54.1 Å². The zero-order valence-corrected chi connectivity index (χ0v) is 38.9. The number of carbonyl (C=O) groups excluding carboxylic acids is 2. The van der Waals surface area contributed by atoms with Crippen LogP contribution >= 0.6 is 23.5 Å². The third-order valence-electron chi connectivity index (χ3n) is 9.72. The number of thioether (sulfide) groups is 2. The molecule has 2 fully saturated rings. The minimum Gasteiger partial charge on any atom is -0.443 e. The van der Waals surface area contributed by atoms with E-state index in [0.29, 0.717) is 41.3 Å². The summed E-state index contributed by atoms with van der Waals surface area (Å²) in [4.78, 5) is 36.6. The van der Waals surface area contributed by atoms with Gasteiger partial charge in [0.05, 0.1) is 12.7 Å². The largest absolute Gasteiger partial charge is 0.443 e. The van der Waals surface area contributed by atoms with Gasteiger partial charge >= 0.3 is 12.2 Å². The van der Waals surface area contributed by atoms with E-state index in [4.69, 9.17) is 18.9 Å². The molecule has 0 aromatic carbocycles. The molecule has 4 aliphatic heterocycles. The van der Waals surface area contributed by atoms with Crippen LogP contribution in [-0.4, -0.2) is 156 Å². The average molecular weight is 853 g/mol. The lowest BCUT2D eigenvalue weighted by Crippen LogP contribution is -2.55. The molecule has 56 heavy (non-hydrogen) atoms. The van der Waals surface area contributed by atoms with Gasteiger partial charge in [-0.2, -0.15) is 0 Å². The minimum absolute atomic E-state index is 0.394. The Morgan fingerprint density at radius 2 is 1.02 bits per heavy atom. The molecule has 0 aliphatic carbocycles. The zero-order valence-electron chi connectivity index (χ0n) is 36.3. The van der Waals surface area contributed by atoms with Crippen molar-refractivity contribution in [2.45, 2.75) is 198 Å². The second-order valence-corrected chi connectivity index (χ2v) is 26.6. The molecule has 2 amide bonds. The number of fused-ring (bicyclic) bond motifs is 2. The van der Waals surface area contributed by atoms with Crippen LogP contribution in [0.2, 0.25) is 24.7 Å². The summed E-state index contributed by atoms with van der Waals surface area (Å²) >= 11 is 2.50. The summed E-state index contributed by atoms with van der Waals surface area (Å²) in [6, 6.07) is -1.27. The minimum atomic E-state index is -1.22. The molecule has 15 nitrogen and oxygen atoms in total. The van der Waals surface area contributed by atoms with Crippen LogP contribution in [0.25, 0.3) is 0 Å².